The van der Waals surface area contributed by atoms with E-state index in [1.54, 1.807) is 0 Å². The first kappa shape index (κ1) is 11.8. The van der Waals surface area contributed by atoms with E-state index in [0.717, 1.165) is 27.6 Å². The van der Waals surface area contributed by atoms with Crippen LogP contribution in [0, 0.1) is 6.92 Å². The molecule has 0 spiro atoms. The normalized spacial score (nSPS) is 10.2. The number of anilines is 1. The molecule has 0 unspecified atom stereocenters. The van der Waals surface area contributed by atoms with Crippen LogP contribution in [0.15, 0.2) is 42.5 Å². The van der Waals surface area contributed by atoms with Crippen molar-refractivity contribution in [2.45, 2.75) is 13.5 Å². The van der Waals surface area contributed by atoms with E-state index >= 15 is 0 Å². The average Bonchev–Trinajstić information content (AvgIpc) is 2.31. The summed E-state index contributed by atoms with van der Waals surface area (Å²) in [5, 5.41) is 0.718. The third-order valence-electron chi connectivity index (χ3n) is 2.61. The fourth-order valence-corrected chi connectivity index (χ4v) is 1.79. The molecule has 0 aliphatic heterocycles. The van der Waals surface area contributed by atoms with E-state index in [1.165, 1.54) is 0 Å². The van der Waals surface area contributed by atoms with Gasteiger partial charge in [-0.05, 0) is 36.8 Å². The van der Waals surface area contributed by atoms with E-state index in [1.807, 2.05) is 49.4 Å². The zero-order chi connectivity index (χ0) is 12.3. The minimum atomic E-state index is 0.491. The van der Waals surface area contributed by atoms with Crippen molar-refractivity contribution >= 4 is 17.3 Å². The molecular formula is C14H14ClNO. The first-order chi connectivity index (χ1) is 8.16. The van der Waals surface area contributed by atoms with Crippen molar-refractivity contribution in [2.75, 3.05) is 5.73 Å². The maximum Gasteiger partial charge on any atom is 0.124 e. The van der Waals surface area contributed by atoms with Gasteiger partial charge in [-0.2, -0.15) is 0 Å². The van der Waals surface area contributed by atoms with E-state index in [4.69, 9.17) is 22.1 Å². The Morgan fingerprint density at radius 1 is 1.18 bits per heavy atom. The molecule has 0 amide bonds. The quantitative estimate of drug-likeness (QED) is 0.837. The molecule has 2 N–H and O–H groups in total. The van der Waals surface area contributed by atoms with E-state index in [0.29, 0.717) is 6.61 Å². The fraction of sp³-hybridized carbons (Fsp3) is 0.143. The largest absolute Gasteiger partial charge is 0.489 e. The summed E-state index contributed by atoms with van der Waals surface area (Å²) in [4.78, 5) is 0. The van der Waals surface area contributed by atoms with Gasteiger partial charge in [0.2, 0.25) is 0 Å². The molecule has 2 aromatic carbocycles. The van der Waals surface area contributed by atoms with Gasteiger partial charge < -0.3 is 10.5 Å². The summed E-state index contributed by atoms with van der Waals surface area (Å²) in [7, 11) is 0. The first-order valence-electron chi connectivity index (χ1n) is 5.39. The molecule has 0 aliphatic carbocycles. The summed E-state index contributed by atoms with van der Waals surface area (Å²) >= 11 is 5.91. The lowest BCUT2D eigenvalue weighted by Gasteiger charge is -2.10. The van der Waals surface area contributed by atoms with Gasteiger partial charge in [-0.15, -0.1) is 0 Å². The van der Waals surface area contributed by atoms with Crippen LogP contribution >= 0.6 is 11.6 Å². The van der Waals surface area contributed by atoms with Crippen LogP contribution in [0.4, 0.5) is 5.69 Å². The average molecular weight is 248 g/mol. The Morgan fingerprint density at radius 2 is 1.94 bits per heavy atom. The highest BCUT2D eigenvalue weighted by molar-refractivity contribution is 6.30. The topological polar surface area (TPSA) is 35.2 Å². The number of benzene rings is 2. The van der Waals surface area contributed by atoms with Gasteiger partial charge in [-0.1, -0.05) is 29.8 Å². The van der Waals surface area contributed by atoms with Crippen molar-refractivity contribution in [1.82, 2.24) is 0 Å². The maximum absolute atomic E-state index is 5.91. The van der Waals surface area contributed by atoms with Crippen LogP contribution in [0.2, 0.25) is 5.02 Å². The third kappa shape index (κ3) is 2.92. The van der Waals surface area contributed by atoms with E-state index < -0.39 is 0 Å². The molecule has 2 aromatic rings. The zero-order valence-corrected chi connectivity index (χ0v) is 10.4. The second-order valence-electron chi connectivity index (χ2n) is 3.89. The molecule has 0 radical (unpaired) electrons. The predicted octanol–water partition coefficient (Wildman–Crippen LogP) is 3.81. The van der Waals surface area contributed by atoms with Crippen LogP contribution < -0.4 is 10.5 Å². The molecule has 0 heterocycles. The number of hydrogen-bond acceptors (Lipinski definition) is 2. The Bertz CT molecular complexity index is 525. The summed E-state index contributed by atoms with van der Waals surface area (Å²) in [6, 6.07) is 13.3. The van der Waals surface area contributed by atoms with E-state index in [-0.39, 0.29) is 0 Å². The minimum absolute atomic E-state index is 0.491. The Balaban J connectivity index is 2.10. The maximum atomic E-state index is 5.91. The van der Waals surface area contributed by atoms with E-state index in [9.17, 15) is 0 Å². The van der Waals surface area contributed by atoms with E-state index in [2.05, 4.69) is 0 Å². The molecule has 2 nitrogen and oxygen atoms in total. The number of rotatable bonds is 3. The van der Waals surface area contributed by atoms with Crippen molar-refractivity contribution in [3.05, 3.63) is 58.6 Å². The summed E-state index contributed by atoms with van der Waals surface area (Å²) < 4.78 is 5.72. The van der Waals surface area contributed by atoms with Crippen molar-refractivity contribution in [1.29, 1.82) is 0 Å². The highest BCUT2D eigenvalue weighted by atomic mass is 35.5. The monoisotopic (exact) mass is 247 g/mol. The smallest absolute Gasteiger partial charge is 0.124 e. The molecule has 17 heavy (non-hydrogen) atoms. The van der Waals surface area contributed by atoms with Gasteiger partial charge in [0.15, 0.2) is 0 Å². The summed E-state index contributed by atoms with van der Waals surface area (Å²) in [6.07, 6.45) is 0. The number of halogens is 1. The molecule has 0 fully saturated rings. The third-order valence-corrected chi connectivity index (χ3v) is 2.84. The highest BCUT2D eigenvalue weighted by Gasteiger charge is 2.02. The van der Waals surface area contributed by atoms with Gasteiger partial charge in [-0.25, -0.2) is 0 Å². The lowest BCUT2D eigenvalue weighted by atomic mass is 10.2. The molecule has 0 saturated carbocycles. The van der Waals surface area contributed by atoms with Crippen molar-refractivity contribution in [3.8, 4) is 5.75 Å². The Kier molecular flexibility index (Phi) is 3.55. The fourth-order valence-electron chi connectivity index (χ4n) is 1.58. The molecule has 0 saturated heterocycles. The number of ether oxygens (including phenoxy) is 1. The van der Waals surface area contributed by atoms with Crippen LogP contribution in [0.5, 0.6) is 5.75 Å². The Labute approximate surface area is 106 Å². The second kappa shape index (κ2) is 5.11. The molecular weight excluding hydrogens is 234 g/mol. The molecule has 2 rings (SSSR count). The van der Waals surface area contributed by atoms with Crippen LogP contribution in [-0.4, -0.2) is 0 Å². The van der Waals surface area contributed by atoms with Gasteiger partial charge in [0.25, 0.3) is 0 Å². The van der Waals surface area contributed by atoms with Crippen LogP contribution in [0.25, 0.3) is 0 Å². The van der Waals surface area contributed by atoms with Gasteiger partial charge in [0.1, 0.15) is 12.4 Å². The molecule has 0 aromatic heterocycles. The molecule has 3 heteroatoms. The summed E-state index contributed by atoms with van der Waals surface area (Å²) in [6.45, 7) is 2.44. The highest BCUT2D eigenvalue weighted by Crippen LogP contribution is 2.24. The lowest BCUT2D eigenvalue weighted by molar-refractivity contribution is 0.304. The standard InChI is InChI=1S/C14H14ClNO/c1-10-13(16)6-3-7-14(10)17-9-11-4-2-5-12(15)8-11/h2-8H,9,16H2,1H3. The molecule has 0 atom stereocenters. The number of nitrogen functional groups attached to an aromatic ring is 1. The van der Waals surface area contributed by atoms with Crippen LogP contribution in [-0.2, 0) is 6.61 Å². The zero-order valence-electron chi connectivity index (χ0n) is 9.61. The predicted molar refractivity (Wildman–Crippen MR) is 71.4 cm³/mol. The van der Waals surface area contributed by atoms with Gasteiger partial charge >= 0.3 is 0 Å². The van der Waals surface area contributed by atoms with Crippen LogP contribution in [0.1, 0.15) is 11.1 Å². The van der Waals surface area contributed by atoms with Crippen molar-refractivity contribution in [3.63, 3.8) is 0 Å². The molecule has 88 valence electrons. The lowest BCUT2D eigenvalue weighted by Crippen LogP contribution is -1.99. The van der Waals surface area contributed by atoms with Crippen LogP contribution in [0.3, 0.4) is 0 Å². The Morgan fingerprint density at radius 3 is 2.71 bits per heavy atom. The summed E-state index contributed by atoms with van der Waals surface area (Å²) in [5.74, 6) is 0.810. The van der Waals surface area contributed by atoms with Gasteiger partial charge in [0, 0.05) is 16.3 Å². The second-order valence-corrected chi connectivity index (χ2v) is 4.33. The SMILES string of the molecule is Cc1c(N)cccc1OCc1cccc(Cl)c1. The summed E-state index contributed by atoms with van der Waals surface area (Å²) in [5.41, 5.74) is 8.56. The molecule has 0 aliphatic rings. The number of hydrogen-bond donors (Lipinski definition) is 1. The van der Waals surface area contributed by atoms with Gasteiger partial charge in [0.05, 0.1) is 0 Å². The molecule has 0 bridgehead atoms. The minimum Gasteiger partial charge on any atom is -0.489 e. The van der Waals surface area contributed by atoms with Crippen molar-refractivity contribution in [2.24, 2.45) is 0 Å². The van der Waals surface area contributed by atoms with Gasteiger partial charge in [-0.3, -0.25) is 0 Å². The Hall–Kier alpha value is -1.67. The van der Waals surface area contributed by atoms with Crippen molar-refractivity contribution < 1.29 is 4.74 Å². The number of nitrogens with two attached hydrogens (primary N) is 1. The first-order valence-corrected chi connectivity index (χ1v) is 5.77.